The van der Waals surface area contributed by atoms with E-state index in [-0.39, 0.29) is 6.61 Å². The maximum atomic E-state index is 12.0. The molecule has 38 heavy (non-hydrogen) atoms. The van der Waals surface area contributed by atoms with E-state index in [1.807, 2.05) is 62.4 Å². The maximum absolute atomic E-state index is 12.0. The Hall–Kier alpha value is -4.08. The van der Waals surface area contributed by atoms with E-state index in [9.17, 15) is 4.79 Å². The van der Waals surface area contributed by atoms with Gasteiger partial charge < -0.3 is 19.5 Å². The van der Waals surface area contributed by atoms with Crippen LogP contribution >= 0.6 is 11.3 Å². The van der Waals surface area contributed by atoms with E-state index in [4.69, 9.17) is 24.2 Å². The number of nitrogens with zero attached hydrogens (tertiary/aromatic N) is 3. The number of aryl methyl sites for hydroxylation is 2. The largest absolute Gasteiger partial charge is 0.492 e. The molecule has 0 radical (unpaired) electrons. The second kappa shape index (κ2) is 11.5. The van der Waals surface area contributed by atoms with Gasteiger partial charge in [0.15, 0.2) is 0 Å². The number of carbonyl (C=O) groups excluding carboxylic acids is 1. The molecule has 0 saturated heterocycles. The van der Waals surface area contributed by atoms with Gasteiger partial charge in [-0.05, 0) is 54.8 Å². The van der Waals surface area contributed by atoms with Crippen LogP contribution in [0.15, 0.2) is 60.8 Å². The molecule has 8 nitrogen and oxygen atoms in total. The van der Waals surface area contributed by atoms with E-state index < -0.39 is 6.09 Å². The SMILES string of the molecule is COCc1cnc2c(-c3nc4c(C)cc(OCCNC(=O)OCc5ccccc5)cc4s3)cc(C)cc2n1. The van der Waals surface area contributed by atoms with Crippen LogP contribution in [0.4, 0.5) is 4.79 Å². The molecule has 5 aromatic rings. The summed E-state index contributed by atoms with van der Waals surface area (Å²) in [5.41, 5.74) is 7.35. The minimum atomic E-state index is -0.473. The molecule has 194 valence electrons. The summed E-state index contributed by atoms with van der Waals surface area (Å²) in [7, 11) is 1.65. The minimum absolute atomic E-state index is 0.229. The molecule has 0 fully saturated rings. The number of benzene rings is 3. The Kier molecular flexibility index (Phi) is 7.76. The van der Waals surface area contributed by atoms with Gasteiger partial charge >= 0.3 is 6.09 Å². The van der Waals surface area contributed by atoms with Crippen molar-refractivity contribution in [1.82, 2.24) is 20.3 Å². The first-order valence-corrected chi connectivity index (χ1v) is 13.1. The zero-order valence-electron chi connectivity index (χ0n) is 21.5. The van der Waals surface area contributed by atoms with Crippen LogP contribution in [0.25, 0.3) is 31.8 Å². The predicted octanol–water partition coefficient (Wildman–Crippen LogP) is 5.97. The summed E-state index contributed by atoms with van der Waals surface area (Å²) in [5.74, 6) is 0.725. The van der Waals surface area contributed by atoms with Gasteiger partial charge in [-0.3, -0.25) is 4.98 Å². The van der Waals surface area contributed by atoms with Gasteiger partial charge in [-0.2, -0.15) is 0 Å². The lowest BCUT2D eigenvalue weighted by molar-refractivity contribution is 0.137. The summed E-state index contributed by atoms with van der Waals surface area (Å²) in [6.45, 7) is 5.36. The topological polar surface area (TPSA) is 95.5 Å². The molecule has 1 N–H and O–H groups in total. The first kappa shape index (κ1) is 25.6. The van der Waals surface area contributed by atoms with Gasteiger partial charge in [-0.1, -0.05) is 30.3 Å². The Morgan fingerprint density at radius 2 is 1.84 bits per heavy atom. The van der Waals surface area contributed by atoms with Gasteiger partial charge in [0.05, 0.1) is 46.3 Å². The molecule has 0 bridgehead atoms. The Balaban J connectivity index is 1.27. The van der Waals surface area contributed by atoms with Gasteiger partial charge in [0.25, 0.3) is 0 Å². The van der Waals surface area contributed by atoms with Crippen LogP contribution in [0.5, 0.6) is 5.75 Å². The van der Waals surface area contributed by atoms with E-state index in [1.165, 1.54) is 0 Å². The number of amides is 1. The number of hydrogen-bond donors (Lipinski definition) is 1. The number of ether oxygens (including phenoxy) is 3. The predicted molar refractivity (Wildman–Crippen MR) is 148 cm³/mol. The van der Waals surface area contributed by atoms with Crippen molar-refractivity contribution < 1.29 is 19.0 Å². The van der Waals surface area contributed by atoms with E-state index >= 15 is 0 Å². The van der Waals surface area contributed by atoms with Crippen LogP contribution in [0.3, 0.4) is 0 Å². The van der Waals surface area contributed by atoms with Crippen molar-refractivity contribution in [2.75, 3.05) is 20.3 Å². The van der Waals surface area contributed by atoms with Crippen molar-refractivity contribution in [2.24, 2.45) is 0 Å². The third-order valence-corrected chi connectivity index (χ3v) is 6.91. The zero-order chi connectivity index (χ0) is 26.5. The highest BCUT2D eigenvalue weighted by atomic mass is 32.1. The summed E-state index contributed by atoms with van der Waals surface area (Å²) < 4.78 is 17.4. The van der Waals surface area contributed by atoms with E-state index in [1.54, 1.807) is 24.6 Å². The number of aromatic nitrogens is 3. The molecular formula is C29H28N4O4S. The average Bonchev–Trinajstić information content (AvgIpc) is 3.35. The van der Waals surface area contributed by atoms with Gasteiger partial charge in [0.2, 0.25) is 0 Å². The molecule has 5 rings (SSSR count). The standard InChI is InChI=1S/C29H28N4O4S/c1-18-11-23(27-24(12-18)32-21(15-31-27)17-35-3)28-33-26-19(2)13-22(14-25(26)38-28)36-10-9-30-29(34)37-16-20-7-5-4-6-8-20/h4-8,11-15H,9-10,16-17H2,1-3H3,(H,30,34). The highest BCUT2D eigenvalue weighted by Crippen LogP contribution is 2.37. The quantitative estimate of drug-likeness (QED) is 0.235. The summed E-state index contributed by atoms with van der Waals surface area (Å²) in [6.07, 6.45) is 1.28. The lowest BCUT2D eigenvalue weighted by Crippen LogP contribution is -2.28. The van der Waals surface area contributed by atoms with Crippen molar-refractivity contribution in [3.05, 3.63) is 83.2 Å². The molecule has 0 aliphatic carbocycles. The first-order valence-electron chi connectivity index (χ1n) is 12.2. The van der Waals surface area contributed by atoms with E-state index in [2.05, 4.69) is 16.4 Å². The highest BCUT2D eigenvalue weighted by molar-refractivity contribution is 7.21. The smallest absolute Gasteiger partial charge is 0.407 e. The Morgan fingerprint density at radius 1 is 1.00 bits per heavy atom. The molecule has 9 heteroatoms. The third kappa shape index (κ3) is 5.90. The highest BCUT2D eigenvalue weighted by Gasteiger charge is 2.15. The number of thiazole rings is 1. The molecule has 2 heterocycles. The number of carbonyl (C=O) groups is 1. The molecule has 3 aromatic carbocycles. The van der Waals surface area contributed by atoms with Gasteiger partial charge in [-0.15, -0.1) is 11.3 Å². The first-order chi connectivity index (χ1) is 18.5. The number of nitrogens with one attached hydrogen (secondary N) is 1. The van der Waals surface area contributed by atoms with Gasteiger partial charge in [-0.25, -0.2) is 14.8 Å². The number of rotatable bonds is 9. The Labute approximate surface area is 224 Å². The van der Waals surface area contributed by atoms with Crippen LogP contribution in [0.2, 0.25) is 0 Å². The Bertz CT molecular complexity index is 1590. The van der Waals surface area contributed by atoms with Crippen LogP contribution in [0.1, 0.15) is 22.4 Å². The molecule has 2 aromatic heterocycles. The average molecular weight is 529 g/mol. The third-order valence-electron chi connectivity index (χ3n) is 5.88. The van der Waals surface area contributed by atoms with Crippen molar-refractivity contribution in [3.63, 3.8) is 0 Å². The minimum Gasteiger partial charge on any atom is -0.492 e. The maximum Gasteiger partial charge on any atom is 0.407 e. The molecule has 0 aliphatic rings. The van der Waals surface area contributed by atoms with Crippen LogP contribution in [-0.2, 0) is 22.7 Å². The van der Waals surface area contributed by atoms with Crippen molar-refractivity contribution in [3.8, 4) is 16.3 Å². The summed E-state index contributed by atoms with van der Waals surface area (Å²) in [6, 6.07) is 17.6. The van der Waals surface area contributed by atoms with Crippen molar-refractivity contribution in [1.29, 1.82) is 0 Å². The lowest BCUT2D eigenvalue weighted by atomic mass is 10.1. The molecular weight excluding hydrogens is 500 g/mol. The number of fused-ring (bicyclic) bond motifs is 2. The van der Waals surface area contributed by atoms with E-state index in [0.29, 0.717) is 19.8 Å². The summed E-state index contributed by atoms with van der Waals surface area (Å²) in [4.78, 5) is 26.3. The monoisotopic (exact) mass is 528 g/mol. The fourth-order valence-electron chi connectivity index (χ4n) is 4.14. The fraction of sp³-hybridized carbons (Fsp3) is 0.241. The van der Waals surface area contributed by atoms with Crippen molar-refractivity contribution >= 4 is 38.7 Å². The number of methoxy groups -OCH3 is 1. The molecule has 0 saturated carbocycles. The normalized spacial score (nSPS) is 11.1. The molecule has 0 aliphatic heterocycles. The van der Waals surface area contributed by atoms with Crippen LogP contribution < -0.4 is 10.1 Å². The second-order valence-electron chi connectivity index (χ2n) is 8.92. The molecule has 0 unspecified atom stereocenters. The Morgan fingerprint density at radius 3 is 2.66 bits per heavy atom. The zero-order valence-corrected chi connectivity index (χ0v) is 22.3. The van der Waals surface area contributed by atoms with Gasteiger partial charge in [0.1, 0.15) is 24.0 Å². The van der Waals surface area contributed by atoms with Crippen LogP contribution in [-0.4, -0.2) is 41.3 Å². The number of alkyl carbamates (subject to hydrolysis) is 1. The fourth-order valence-corrected chi connectivity index (χ4v) is 5.23. The van der Waals surface area contributed by atoms with E-state index in [0.717, 1.165) is 60.0 Å². The lowest BCUT2D eigenvalue weighted by Gasteiger charge is -2.09. The summed E-state index contributed by atoms with van der Waals surface area (Å²) >= 11 is 1.59. The van der Waals surface area contributed by atoms with Crippen LogP contribution in [0, 0.1) is 13.8 Å². The molecule has 0 spiro atoms. The molecule has 1 amide bonds. The number of hydrogen-bond acceptors (Lipinski definition) is 8. The van der Waals surface area contributed by atoms with Gasteiger partial charge in [0, 0.05) is 12.7 Å². The molecule has 0 atom stereocenters. The van der Waals surface area contributed by atoms with Crippen molar-refractivity contribution in [2.45, 2.75) is 27.1 Å². The second-order valence-corrected chi connectivity index (χ2v) is 9.95. The summed E-state index contributed by atoms with van der Waals surface area (Å²) in [5, 5.41) is 3.60.